The molecule has 1 aromatic rings. The second-order valence-corrected chi connectivity index (χ2v) is 5.36. The van der Waals surface area contributed by atoms with Gasteiger partial charge in [0.1, 0.15) is 11.6 Å². The number of benzene rings is 1. The highest BCUT2D eigenvalue weighted by Gasteiger charge is 2.14. The minimum absolute atomic E-state index is 0.135. The number of hydrogen-bond acceptors (Lipinski definition) is 2. The zero-order valence-electron chi connectivity index (χ0n) is 12.0. The lowest BCUT2D eigenvalue weighted by Gasteiger charge is -2.21. The van der Waals surface area contributed by atoms with Gasteiger partial charge in [0, 0.05) is 19.2 Å². The Labute approximate surface area is 123 Å². The first-order valence-corrected chi connectivity index (χ1v) is 7.51. The van der Waals surface area contributed by atoms with E-state index in [1.165, 1.54) is 19.3 Å². The molecule has 1 amide bonds. The molecule has 1 N–H and O–H groups in total. The number of nitrogens with one attached hydrogen (secondary N) is 1. The molecule has 1 aliphatic carbocycles. The first kappa shape index (κ1) is 15.9. The summed E-state index contributed by atoms with van der Waals surface area (Å²) >= 11 is 0. The fourth-order valence-corrected chi connectivity index (χ4v) is 2.52. The van der Waals surface area contributed by atoms with Crippen molar-refractivity contribution < 1.29 is 18.3 Å². The summed E-state index contributed by atoms with van der Waals surface area (Å²) in [5.74, 6) is -2.05. The first-order chi connectivity index (χ1) is 10.2. The lowest BCUT2D eigenvalue weighted by atomic mass is 9.98. The Morgan fingerprint density at radius 2 is 2.00 bits per heavy atom. The molecular formula is C16H21F2NO2. The average molecular weight is 297 g/mol. The van der Waals surface area contributed by atoms with E-state index in [-0.39, 0.29) is 5.56 Å². The van der Waals surface area contributed by atoms with Crippen molar-refractivity contribution in [2.24, 2.45) is 0 Å². The summed E-state index contributed by atoms with van der Waals surface area (Å²) in [5, 5.41) is 2.62. The molecule has 0 aromatic heterocycles. The number of carbonyl (C=O) groups is 1. The van der Waals surface area contributed by atoms with E-state index in [0.29, 0.717) is 31.7 Å². The van der Waals surface area contributed by atoms with Gasteiger partial charge in [0.25, 0.3) is 5.91 Å². The van der Waals surface area contributed by atoms with Crippen LogP contribution in [0.3, 0.4) is 0 Å². The molecule has 0 unspecified atom stereocenters. The predicted molar refractivity (Wildman–Crippen MR) is 76.1 cm³/mol. The Bertz CT molecular complexity index is 473. The van der Waals surface area contributed by atoms with E-state index >= 15 is 0 Å². The monoisotopic (exact) mass is 297 g/mol. The van der Waals surface area contributed by atoms with E-state index in [9.17, 15) is 13.6 Å². The van der Waals surface area contributed by atoms with E-state index in [2.05, 4.69) is 5.32 Å². The molecule has 2 rings (SSSR count). The molecule has 21 heavy (non-hydrogen) atoms. The van der Waals surface area contributed by atoms with Crippen LogP contribution < -0.4 is 5.32 Å². The van der Waals surface area contributed by atoms with Gasteiger partial charge in [-0.15, -0.1) is 0 Å². The van der Waals surface area contributed by atoms with Crippen LogP contribution in [0.15, 0.2) is 18.2 Å². The van der Waals surface area contributed by atoms with E-state index < -0.39 is 17.5 Å². The third kappa shape index (κ3) is 5.08. The molecule has 0 spiro atoms. The largest absolute Gasteiger partial charge is 0.378 e. The summed E-state index contributed by atoms with van der Waals surface area (Å²) in [7, 11) is 0. The van der Waals surface area contributed by atoms with Gasteiger partial charge in [0.05, 0.1) is 11.7 Å². The number of hydrogen-bond donors (Lipinski definition) is 1. The van der Waals surface area contributed by atoms with Gasteiger partial charge in [-0.3, -0.25) is 4.79 Å². The van der Waals surface area contributed by atoms with Gasteiger partial charge >= 0.3 is 0 Å². The maximum Gasteiger partial charge on any atom is 0.254 e. The highest BCUT2D eigenvalue weighted by molar-refractivity contribution is 5.94. The quantitative estimate of drug-likeness (QED) is 0.817. The number of ether oxygens (including phenoxy) is 1. The van der Waals surface area contributed by atoms with Crippen molar-refractivity contribution in [1.29, 1.82) is 0 Å². The molecule has 0 heterocycles. The first-order valence-electron chi connectivity index (χ1n) is 7.51. The minimum atomic E-state index is -0.842. The molecule has 0 radical (unpaired) electrons. The minimum Gasteiger partial charge on any atom is -0.378 e. The van der Waals surface area contributed by atoms with Crippen molar-refractivity contribution in [3.8, 4) is 0 Å². The Balaban J connectivity index is 1.64. The molecule has 3 nitrogen and oxygen atoms in total. The molecule has 0 aliphatic heterocycles. The Kier molecular flexibility index (Phi) is 6.11. The topological polar surface area (TPSA) is 38.3 Å². The zero-order chi connectivity index (χ0) is 15.1. The molecule has 1 fully saturated rings. The van der Waals surface area contributed by atoms with E-state index in [1.54, 1.807) is 0 Å². The van der Waals surface area contributed by atoms with Gasteiger partial charge in [-0.25, -0.2) is 8.78 Å². The summed E-state index contributed by atoms with van der Waals surface area (Å²) in [6.07, 6.45) is 7.02. The third-order valence-electron chi connectivity index (χ3n) is 3.69. The summed E-state index contributed by atoms with van der Waals surface area (Å²) in [5.41, 5.74) is -0.135. The van der Waals surface area contributed by atoms with Crippen molar-refractivity contribution in [3.05, 3.63) is 35.4 Å². The van der Waals surface area contributed by atoms with E-state index in [0.717, 1.165) is 25.0 Å². The maximum atomic E-state index is 13.4. The molecule has 1 aromatic carbocycles. The van der Waals surface area contributed by atoms with Crippen LogP contribution in [-0.2, 0) is 4.74 Å². The van der Waals surface area contributed by atoms with Crippen molar-refractivity contribution in [3.63, 3.8) is 0 Å². The standard InChI is InChI=1S/C16H21F2NO2/c17-12-7-8-14(15(18)11-12)16(20)19-9-4-10-21-13-5-2-1-3-6-13/h7-8,11,13H,1-6,9-10H2,(H,19,20). The van der Waals surface area contributed by atoms with Crippen LogP contribution in [0.2, 0.25) is 0 Å². The number of halogens is 2. The SMILES string of the molecule is O=C(NCCCOC1CCCCC1)c1ccc(F)cc1F. The molecule has 5 heteroatoms. The van der Waals surface area contributed by atoms with Gasteiger partial charge in [0.2, 0.25) is 0 Å². The van der Waals surface area contributed by atoms with Crippen LogP contribution in [0.4, 0.5) is 8.78 Å². The summed E-state index contributed by atoms with van der Waals surface area (Å²) in [6.45, 7) is 1.01. The van der Waals surface area contributed by atoms with Crippen LogP contribution in [0.5, 0.6) is 0 Å². The fraction of sp³-hybridized carbons (Fsp3) is 0.562. The molecule has 0 saturated heterocycles. The van der Waals surface area contributed by atoms with Gasteiger partial charge in [-0.1, -0.05) is 19.3 Å². The Morgan fingerprint density at radius 3 is 2.71 bits per heavy atom. The summed E-state index contributed by atoms with van der Waals surface area (Å²) < 4.78 is 31.9. The lowest BCUT2D eigenvalue weighted by molar-refractivity contribution is 0.0273. The molecule has 116 valence electrons. The van der Waals surface area contributed by atoms with Crippen molar-refractivity contribution in [2.75, 3.05) is 13.2 Å². The van der Waals surface area contributed by atoms with E-state index in [4.69, 9.17) is 4.74 Å². The van der Waals surface area contributed by atoms with Crippen LogP contribution in [0, 0.1) is 11.6 Å². The third-order valence-corrected chi connectivity index (χ3v) is 3.69. The number of carbonyl (C=O) groups excluding carboxylic acids is 1. The van der Waals surface area contributed by atoms with Crippen LogP contribution in [-0.4, -0.2) is 25.2 Å². The van der Waals surface area contributed by atoms with E-state index in [1.807, 2.05) is 0 Å². The van der Waals surface area contributed by atoms with Crippen molar-refractivity contribution >= 4 is 5.91 Å². The van der Waals surface area contributed by atoms with Crippen LogP contribution in [0.1, 0.15) is 48.9 Å². The maximum absolute atomic E-state index is 13.4. The smallest absolute Gasteiger partial charge is 0.254 e. The van der Waals surface area contributed by atoms with Crippen LogP contribution >= 0.6 is 0 Å². The second kappa shape index (κ2) is 8.08. The molecular weight excluding hydrogens is 276 g/mol. The highest BCUT2D eigenvalue weighted by atomic mass is 19.1. The molecule has 1 aliphatic rings. The average Bonchev–Trinajstić information content (AvgIpc) is 2.47. The highest BCUT2D eigenvalue weighted by Crippen LogP contribution is 2.20. The van der Waals surface area contributed by atoms with Gasteiger partial charge in [-0.05, 0) is 31.4 Å². The van der Waals surface area contributed by atoms with Gasteiger partial charge in [-0.2, -0.15) is 0 Å². The number of amides is 1. The Morgan fingerprint density at radius 1 is 1.24 bits per heavy atom. The van der Waals surface area contributed by atoms with Crippen molar-refractivity contribution in [1.82, 2.24) is 5.32 Å². The summed E-state index contributed by atoms with van der Waals surface area (Å²) in [4.78, 5) is 11.7. The Hall–Kier alpha value is -1.49. The van der Waals surface area contributed by atoms with Gasteiger partial charge in [0.15, 0.2) is 0 Å². The second-order valence-electron chi connectivity index (χ2n) is 5.36. The normalized spacial score (nSPS) is 15.9. The molecule has 1 saturated carbocycles. The fourth-order valence-electron chi connectivity index (χ4n) is 2.52. The molecule has 0 atom stereocenters. The zero-order valence-corrected chi connectivity index (χ0v) is 12.0. The lowest BCUT2D eigenvalue weighted by Crippen LogP contribution is -2.27. The van der Waals surface area contributed by atoms with Crippen molar-refractivity contribution in [2.45, 2.75) is 44.6 Å². The predicted octanol–water partition coefficient (Wildman–Crippen LogP) is 3.43. The van der Waals surface area contributed by atoms with Crippen LogP contribution in [0.25, 0.3) is 0 Å². The van der Waals surface area contributed by atoms with Gasteiger partial charge < -0.3 is 10.1 Å². The number of rotatable bonds is 6. The molecule has 0 bridgehead atoms. The summed E-state index contributed by atoms with van der Waals surface area (Å²) in [6, 6.07) is 2.93.